The van der Waals surface area contributed by atoms with Crippen molar-refractivity contribution in [2.24, 2.45) is 5.92 Å². The van der Waals surface area contributed by atoms with Crippen molar-refractivity contribution in [1.82, 2.24) is 15.0 Å². The maximum Gasteiger partial charge on any atom is 0.228 e. The summed E-state index contributed by atoms with van der Waals surface area (Å²) in [5, 5.41) is 0. The van der Waals surface area contributed by atoms with Crippen molar-refractivity contribution in [3.63, 3.8) is 0 Å². The van der Waals surface area contributed by atoms with Crippen molar-refractivity contribution in [2.45, 2.75) is 77.6 Å². The van der Waals surface area contributed by atoms with Gasteiger partial charge in [-0.15, -0.1) is 0 Å². The number of anilines is 1. The minimum atomic E-state index is -1.94. The number of rotatable bonds is 2. The number of fused-ring (bicyclic) bond motifs is 1. The monoisotopic (exact) mass is 380 g/mol. The van der Waals surface area contributed by atoms with E-state index in [0.717, 1.165) is 36.9 Å². The minimum Gasteiger partial charge on any atom is -0.292 e. The van der Waals surface area contributed by atoms with Crippen LogP contribution in [0.2, 0.25) is 0 Å². The van der Waals surface area contributed by atoms with Gasteiger partial charge in [-0.2, -0.15) is 0 Å². The van der Waals surface area contributed by atoms with Gasteiger partial charge >= 0.3 is 0 Å². The van der Waals surface area contributed by atoms with E-state index in [4.69, 9.17) is 7.73 Å². The summed E-state index contributed by atoms with van der Waals surface area (Å²) in [6, 6.07) is 3.97. The van der Waals surface area contributed by atoms with E-state index in [2.05, 4.69) is 37.7 Å². The Morgan fingerprint density at radius 3 is 2.50 bits per heavy atom. The predicted octanol–water partition coefficient (Wildman–Crippen LogP) is 4.69. The van der Waals surface area contributed by atoms with Gasteiger partial charge in [0, 0.05) is 44.4 Å². The smallest absolute Gasteiger partial charge is 0.228 e. The van der Waals surface area contributed by atoms with Gasteiger partial charge in [-0.1, -0.05) is 27.7 Å². The number of aryl methyl sites for hydroxylation is 1. The molecule has 1 saturated carbocycles. The van der Waals surface area contributed by atoms with Gasteiger partial charge in [0.2, 0.25) is 5.91 Å². The molecule has 1 aliphatic heterocycles. The van der Waals surface area contributed by atoms with E-state index in [1.54, 1.807) is 17.3 Å². The lowest BCUT2D eigenvalue weighted by Gasteiger charge is -2.38. The van der Waals surface area contributed by atoms with Crippen molar-refractivity contribution >= 4 is 11.7 Å². The Bertz CT molecular complexity index is 945. The van der Waals surface area contributed by atoms with Crippen LogP contribution < -0.4 is 4.90 Å². The van der Waals surface area contributed by atoms with Crippen molar-refractivity contribution < 1.29 is 7.54 Å². The summed E-state index contributed by atoms with van der Waals surface area (Å²) in [6.45, 7) is 8.59. The van der Waals surface area contributed by atoms with E-state index in [1.165, 1.54) is 0 Å². The molecule has 28 heavy (non-hydrogen) atoms. The molecular formula is C23H30N4O. The summed E-state index contributed by atoms with van der Waals surface area (Å²) in [4.78, 5) is 28.6. The Hall–Kier alpha value is -2.30. The first-order valence-corrected chi connectivity index (χ1v) is 10.2. The van der Waals surface area contributed by atoms with E-state index < -0.39 is 12.3 Å². The molecule has 2 aromatic rings. The van der Waals surface area contributed by atoms with Crippen LogP contribution in [-0.2, 0) is 16.6 Å². The number of amides is 1. The first-order valence-electron chi connectivity index (χ1n) is 11.2. The second-order valence-electron chi connectivity index (χ2n) is 9.15. The Labute approximate surface area is 170 Å². The number of aromatic nitrogens is 3. The third kappa shape index (κ3) is 3.67. The number of carbonyl (C=O) groups excluding carboxylic acids is 1. The van der Waals surface area contributed by atoms with Crippen LogP contribution in [0.3, 0.4) is 0 Å². The molecule has 0 bridgehead atoms. The zero-order chi connectivity index (χ0) is 21.7. The average molecular weight is 381 g/mol. The van der Waals surface area contributed by atoms with Crippen LogP contribution in [0.15, 0.2) is 24.5 Å². The highest BCUT2D eigenvalue weighted by Gasteiger charge is 2.34. The quantitative estimate of drug-likeness (QED) is 0.758. The lowest BCUT2D eigenvalue weighted by atomic mass is 9.86. The van der Waals surface area contributed by atoms with Crippen molar-refractivity contribution in [3.05, 3.63) is 35.9 Å². The average Bonchev–Trinajstić information content (AvgIpc) is 2.69. The van der Waals surface area contributed by atoms with Gasteiger partial charge in [0.1, 0.15) is 0 Å². The molecule has 0 atom stereocenters. The van der Waals surface area contributed by atoms with Crippen LogP contribution in [-0.4, -0.2) is 26.9 Å². The van der Waals surface area contributed by atoms with Crippen molar-refractivity contribution in [3.8, 4) is 11.3 Å². The van der Waals surface area contributed by atoms with Crippen LogP contribution in [0, 0.1) is 5.92 Å². The number of hydrogen-bond donors (Lipinski definition) is 0. The molecule has 4 rings (SSSR count). The summed E-state index contributed by atoms with van der Waals surface area (Å²) in [5.74, 6) is 0.677. The number of nitrogens with zero attached hydrogens (tertiary/aromatic N) is 4. The van der Waals surface area contributed by atoms with Gasteiger partial charge in [-0.3, -0.25) is 19.7 Å². The molecule has 0 spiro atoms. The molecule has 0 unspecified atom stereocenters. The lowest BCUT2D eigenvalue weighted by Crippen LogP contribution is -2.45. The highest BCUT2D eigenvalue weighted by atomic mass is 16.2. The lowest BCUT2D eigenvalue weighted by molar-refractivity contribution is -0.119. The summed E-state index contributed by atoms with van der Waals surface area (Å²) < 4.78 is 16.5. The normalized spacial score (nSPS) is 25.7. The maximum absolute atomic E-state index is 13.1. The molecule has 5 nitrogen and oxygen atoms in total. The molecular weight excluding hydrogens is 348 g/mol. The highest BCUT2D eigenvalue weighted by Crippen LogP contribution is 2.35. The fourth-order valence-electron chi connectivity index (χ4n) is 4.03. The molecule has 0 aromatic carbocycles. The second-order valence-corrected chi connectivity index (χ2v) is 9.15. The minimum absolute atomic E-state index is 0.0197. The fraction of sp³-hybridized carbons (Fsp3) is 0.565. The molecule has 1 amide bonds. The maximum atomic E-state index is 13.1. The summed E-state index contributed by atoms with van der Waals surface area (Å²) in [5.41, 5.74) is 3.02. The molecule has 0 saturated heterocycles. The molecule has 148 valence electrons. The van der Waals surface area contributed by atoms with Crippen LogP contribution in [0.4, 0.5) is 5.82 Å². The summed E-state index contributed by atoms with van der Waals surface area (Å²) >= 11 is 0. The van der Waals surface area contributed by atoms with Crippen molar-refractivity contribution in [2.75, 3.05) is 4.90 Å². The van der Waals surface area contributed by atoms with Crippen LogP contribution >= 0.6 is 0 Å². The van der Waals surface area contributed by atoms with Crippen LogP contribution in [0.25, 0.3) is 11.3 Å². The van der Waals surface area contributed by atoms with Crippen LogP contribution in [0.5, 0.6) is 0 Å². The number of carbonyl (C=O) groups is 1. The zero-order valence-electron chi connectivity index (χ0n) is 19.2. The molecule has 5 heteroatoms. The fourth-order valence-corrected chi connectivity index (χ4v) is 4.03. The number of pyridine rings is 1. The van der Waals surface area contributed by atoms with E-state index in [0.29, 0.717) is 23.1 Å². The third-order valence-corrected chi connectivity index (χ3v) is 5.86. The second kappa shape index (κ2) is 7.26. The molecule has 1 fully saturated rings. The van der Waals surface area contributed by atoms with Gasteiger partial charge in [0.05, 0.1) is 17.6 Å². The molecule has 2 aliphatic rings. The first-order chi connectivity index (χ1) is 14.1. The topological polar surface area (TPSA) is 59.0 Å². The summed E-state index contributed by atoms with van der Waals surface area (Å²) in [6.07, 6.45) is 5.31. The van der Waals surface area contributed by atoms with E-state index in [1.807, 2.05) is 12.1 Å². The van der Waals surface area contributed by atoms with Gasteiger partial charge in [0.25, 0.3) is 0 Å². The van der Waals surface area contributed by atoms with E-state index >= 15 is 0 Å². The van der Waals surface area contributed by atoms with Gasteiger partial charge in [0.15, 0.2) is 5.82 Å². The standard InChI is InChI=1S/C23H30N4O/c1-15-5-8-17(9-6-15)27-21(28)12-10-18-22(27)26-19(14-24-18)16-7-11-20(25-13-16)23(2,3)4/h7,11,13-15,17H,5-6,8-10,12H2,1-4H3/i12D2. The molecule has 0 N–H and O–H groups in total. The highest BCUT2D eigenvalue weighted by molar-refractivity contribution is 5.95. The van der Waals surface area contributed by atoms with Gasteiger partial charge < -0.3 is 0 Å². The Kier molecular flexibility index (Phi) is 4.32. The Morgan fingerprint density at radius 1 is 1.11 bits per heavy atom. The Morgan fingerprint density at radius 2 is 1.86 bits per heavy atom. The molecule has 3 heterocycles. The predicted molar refractivity (Wildman–Crippen MR) is 111 cm³/mol. The summed E-state index contributed by atoms with van der Waals surface area (Å²) in [7, 11) is 0. The van der Waals surface area contributed by atoms with Crippen molar-refractivity contribution in [1.29, 1.82) is 0 Å². The third-order valence-electron chi connectivity index (χ3n) is 5.86. The molecule has 0 radical (unpaired) electrons. The van der Waals surface area contributed by atoms with E-state index in [9.17, 15) is 4.79 Å². The Balaban J connectivity index is 1.73. The first kappa shape index (κ1) is 16.6. The van der Waals surface area contributed by atoms with Gasteiger partial charge in [-0.25, -0.2) is 4.98 Å². The molecule has 1 aliphatic carbocycles. The SMILES string of the molecule is [2H]C1([2H])Cc2ncc(-c3ccc(C(C)(C)C)nc3)nc2N(C2CCC(C)CC2)C1=O. The zero-order valence-corrected chi connectivity index (χ0v) is 17.2. The number of hydrogen-bond acceptors (Lipinski definition) is 4. The molecule has 2 aromatic heterocycles. The van der Waals surface area contributed by atoms with Gasteiger partial charge in [-0.05, 0) is 43.7 Å². The van der Waals surface area contributed by atoms with E-state index in [-0.39, 0.29) is 17.9 Å². The van der Waals surface area contributed by atoms with Crippen LogP contribution in [0.1, 0.15) is 73.9 Å². The largest absolute Gasteiger partial charge is 0.292 e.